The summed E-state index contributed by atoms with van der Waals surface area (Å²) in [4.78, 5) is 37.8. The molecule has 0 fully saturated rings. The highest BCUT2D eigenvalue weighted by atomic mass is 16.2. The highest BCUT2D eigenvalue weighted by Gasteiger charge is 2.35. The van der Waals surface area contributed by atoms with Crippen LogP contribution in [0, 0.1) is 0 Å². The second-order valence-corrected chi connectivity index (χ2v) is 5.44. The summed E-state index contributed by atoms with van der Waals surface area (Å²) in [5, 5.41) is 2.80. The van der Waals surface area contributed by atoms with Gasteiger partial charge in [0.1, 0.15) is 0 Å². The third kappa shape index (κ3) is 2.84. The molecule has 0 bridgehead atoms. The minimum absolute atomic E-state index is 0.155. The molecule has 1 N–H and O–H groups in total. The van der Waals surface area contributed by atoms with E-state index in [9.17, 15) is 14.4 Å². The molecule has 24 heavy (non-hydrogen) atoms. The molecular formula is C19H16N2O3. The lowest BCUT2D eigenvalue weighted by Crippen LogP contribution is -2.29. The Balaban J connectivity index is 1.77. The highest BCUT2D eigenvalue weighted by molar-refractivity contribution is 6.22. The van der Waals surface area contributed by atoms with Gasteiger partial charge in [-0.1, -0.05) is 36.4 Å². The second-order valence-electron chi connectivity index (χ2n) is 5.44. The van der Waals surface area contributed by atoms with Gasteiger partial charge in [-0.25, -0.2) is 0 Å². The highest BCUT2D eigenvalue weighted by Crippen LogP contribution is 2.24. The monoisotopic (exact) mass is 320 g/mol. The number of carbonyl (C=O) groups excluding carboxylic acids is 3. The van der Waals surface area contributed by atoms with Gasteiger partial charge in [0.05, 0.1) is 11.1 Å². The van der Waals surface area contributed by atoms with Crippen molar-refractivity contribution in [1.82, 2.24) is 10.2 Å². The Hall–Kier alpha value is -3.21. The van der Waals surface area contributed by atoms with E-state index in [2.05, 4.69) is 11.9 Å². The Morgan fingerprint density at radius 1 is 1.04 bits per heavy atom. The second kappa shape index (κ2) is 6.50. The van der Waals surface area contributed by atoms with Crippen LogP contribution in [0.5, 0.6) is 0 Å². The van der Waals surface area contributed by atoms with Crippen molar-refractivity contribution in [2.45, 2.75) is 6.54 Å². The Morgan fingerprint density at radius 2 is 1.75 bits per heavy atom. The lowest BCUT2D eigenvalue weighted by atomic mass is 10.1. The number of hydrogen-bond acceptors (Lipinski definition) is 3. The fraction of sp³-hybridized carbons (Fsp3) is 0.105. The number of imide groups is 1. The van der Waals surface area contributed by atoms with Crippen molar-refractivity contribution in [3.05, 3.63) is 83.4 Å². The van der Waals surface area contributed by atoms with E-state index in [0.29, 0.717) is 17.7 Å². The number of benzene rings is 2. The number of nitrogens with one attached hydrogen (secondary N) is 1. The zero-order valence-corrected chi connectivity index (χ0v) is 13.0. The average Bonchev–Trinajstić information content (AvgIpc) is 2.85. The molecule has 0 spiro atoms. The molecule has 0 aliphatic carbocycles. The van der Waals surface area contributed by atoms with Gasteiger partial charge in [-0.15, -0.1) is 6.58 Å². The van der Waals surface area contributed by atoms with Crippen molar-refractivity contribution < 1.29 is 14.4 Å². The predicted molar refractivity (Wildman–Crippen MR) is 89.6 cm³/mol. The standard InChI is InChI=1S/C19H16N2O3/c1-2-10-21-18(23)15-9-8-14(11-16(15)19(21)24)17(22)20-12-13-6-4-3-5-7-13/h2-9,11H,1,10,12H2,(H,20,22). The average molecular weight is 320 g/mol. The van der Waals surface area contributed by atoms with Crippen molar-refractivity contribution in [2.75, 3.05) is 6.54 Å². The van der Waals surface area contributed by atoms with Crippen LogP contribution in [0.3, 0.4) is 0 Å². The maximum absolute atomic E-state index is 12.3. The molecule has 5 nitrogen and oxygen atoms in total. The number of nitrogens with zero attached hydrogens (tertiary/aromatic N) is 1. The molecule has 5 heteroatoms. The smallest absolute Gasteiger partial charge is 0.261 e. The molecule has 1 aliphatic heterocycles. The quantitative estimate of drug-likeness (QED) is 0.679. The molecule has 1 heterocycles. The van der Waals surface area contributed by atoms with Crippen molar-refractivity contribution in [2.24, 2.45) is 0 Å². The Bertz CT molecular complexity index is 828. The van der Waals surface area contributed by atoms with Gasteiger partial charge in [0, 0.05) is 18.7 Å². The van der Waals surface area contributed by atoms with Gasteiger partial charge in [0.2, 0.25) is 0 Å². The van der Waals surface area contributed by atoms with Crippen molar-refractivity contribution in [3.63, 3.8) is 0 Å². The van der Waals surface area contributed by atoms with Crippen LogP contribution in [-0.2, 0) is 6.54 Å². The zero-order chi connectivity index (χ0) is 17.1. The first kappa shape index (κ1) is 15.7. The third-order valence-corrected chi connectivity index (χ3v) is 3.84. The molecule has 0 unspecified atom stereocenters. The van der Waals surface area contributed by atoms with Crippen LogP contribution in [-0.4, -0.2) is 29.2 Å². The number of rotatable bonds is 5. The molecule has 3 amide bonds. The molecule has 0 saturated heterocycles. The first-order chi connectivity index (χ1) is 11.6. The van der Waals surface area contributed by atoms with Crippen LogP contribution in [0.25, 0.3) is 0 Å². The van der Waals surface area contributed by atoms with Crippen molar-refractivity contribution in [1.29, 1.82) is 0 Å². The Morgan fingerprint density at radius 3 is 2.46 bits per heavy atom. The van der Waals surface area contributed by atoms with Gasteiger partial charge in [0.15, 0.2) is 0 Å². The largest absolute Gasteiger partial charge is 0.348 e. The number of amides is 3. The maximum atomic E-state index is 12.3. The van der Waals surface area contributed by atoms with Gasteiger partial charge >= 0.3 is 0 Å². The lowest BCUT2D eigenvalue weighted by molar-refractivity contribution is 0.0672. The fourth-order valence-corrected chi connectivity index (χ4v) is 2.61. The van der Waals surface area contributed by atoms with Crippen LogP contribution >= 0.6 is 0 Å². The lowest BCUT2D eigenvalue weighted by Gasteiger charge is -2.09. The van der Waals surface area contributed by atoms with E-state index in [1.165, 1.54) is 18.2 Å². The first-order valence-corrected chi connectivity index (χ1v) is 7.55. The minimum Gasteiger partial charge on any atom is -0.348 e. The SMILES string of the molecule is C=CCN1C(=O)c2ccc(C(=O)NCc3ccccc3)cc2C1=O. The topological polar surface area (TPSA) is 66.5 Å². The summed E-state index contributed by atoms with van der Waals surface area (Å²) in [6.07, 6.45) is 1.50. The predicted octanol–water partition coefficient (Wildman–Crippen LogP) is 2.40. The van der Waals surface area contributed by atoms with E-state index >= 15 is 0 Å². The normalized spacial score (nSPS) is 12.9. The molecular weight excluding hydrogens is 304 g/mol. The van der Waals surface area contributed by atoms with Crippen LogP contribution in [0.1, 0.15) is 36.6 Å². The summed E-state index contributed by atoms with van der Waals surface area (Å²) in [6, 6.07) is 14.1. The van der Waals surface area contributed by atoms with Gasteiger partial charge in [-0.3, -0.25) is 19.3 Å². The Labute approximate surface area is 139 Å². The number of hydrogen-bond donors (Lipinski definition) is 1. The molecule has 0 atom stereocenters. The van der Waals surface area contributed by atoms with E-state index in [1.807, 2.05) is 30.3 Å². The van der Waals surface area contributed by atoms with E-state index in [-0.39, 0.29) is 23.9 Å². The number of fused-ring (bicyclic) bond motifs is 1. The van der Waals surface area contributed by atoms with Crippen LogP contribution < -0.4 is 5.32 Å². The number of carbonyl (C=O) groups is 3. The molecule has 2 aromatic rings. The van der Waals surface area contributed by atoms with Crippen molar-refractivity contribution >= 4 is 17.7 Å². The van der Waals surface area contributed by atoms with E-state index in [4.69, 9.17) is 0 Å². The molecule has 120 valence electrons. The summed E-state index contributed by atoms with van der Waals surface area (Å²) in [5.74, 6) is -1.04. The summed E-state index contributed by atoms with van der Waals surface area (Å²) in [7, 11) is 0. The molecule has 0 radical (unpaired) electrons. The van der Waals surface area contributed by atoms with E-state index in [1.54, 1.807) is 6.07 Å². The summed E-state index contributed by atoms with van der Waals surface area (Å²) in [5.41, 5.74) is 1.91. The first-order valence-electron chi connectivity index (χ1n) is 7.55. The minimum atomic E-state index is -0.396. The molecule has 1 aliphatic rings. The molecule has 2 aromatic carbocycles. The van der Waals surface area contributed by atoms with E-state index < -0.39 is 5.91 Å². The van der Waals surface area contributed by atoms with Gasteiger partial charge in [-0.2, -0.15) is 0 Å². The third-order valence-electron chi connectivity index (χ3n) is 3.84. The molecule has 0 aromatic heterocycles. The Kier molecular flexibility index (Phi) is 4.24. The summed E-state index contributed by atoms with van der Waals surface area (Å²) in [6.45, 7) is 4.09. The fourth-order valence-electron chi connectivity index (χ4n) is 2.61. The summed E-state index contributed by atoms with van der Waals surface area (Å²) < 4.78 is 0. The van der Waals surface area contributed by atoms with Crippen molar-refractivity contribution in [3.8, 4) is 0 Å². The van der Waals surface area contributed by atoms with Crippen LogP contribution in [0.2, 0.25) is 0 Å². The van der Waals surface area contributed by atoms with Gasteiger partial charge in [-0.05, 0) is 23.8 Å². The van der Waals surface area contributed by atoms with Crippen LogP contribution in [0.15, 0.2) is 61.2 Å². The molecule has 3 rings (SSSR count). The van der Waals surface area contributed by atoms with Gasteiger partial charge < -0.3 is 5.32 Å². The zero-order valence-electron chi connectivity index (χ0n) is 13.0. The maximum Gasteiger partial charge on any atom is 0.261 e. The molecule has 0 saturated carbocycles. The summed E-state index contributed by atoms with van der Waals surface area (Å²) >= 11 is 0. The van der Waals surface area contributed by atoms with E-state index in [0.717, 1.165) is 10.5 Å². The van der Waals surface area contributed by atoms with Gasteiger partial charge in [0.25, 0.3) is 17.7 Å². The van der Waals surface area contributed by atoms with Crippen LogP contribution in [0.4, 0.5) is 0 Å².